The summed E-state index contributed by atoms with van der Waals surface area (Å²) < 4.78 is 0. The highest BCUT2D eigenvalue weighted by Crippen LogP contribution is 2.60. The van der Waals surface area contributed by atoms with Crippen LogP contribution in [0.3, 0.4) is 0 Å². The zero-order valence-electron chi connectivity index (χ0n) is 16.2. The van der Waals surface area contributed by atoms with Gasteiger partial charge in [0, 0.05) is 23.1 Å². The largest absolute Gasteiger partial charge is 0.511 e. The lowest BCUT2D eigenvalue weighted by Crippen LogP contribution is -2.24. The van der Waals surface area contributed by atoms with Crippen molar-refractivity contribution in [3.8, 4) is 11.1 Å². The van der Waals surface area contributed by atoms with Crippen molar-refractivity contribution in [2.75, 3.05) is 0 Å². The maximum Gasteiger partial charge on any atom is 0.170 e. The number of pyridine rings is 1. The number of carbonyl (C=O) groups excluding carboxylic acids is 1. The Balaban J connectivity index is 1.64. The Morgan fingerprint density at radius 3 is 2.54 bits per heavy atom. The number of aliphatic hydroxyl groups is 1. The molecule has 0 amide bonds. The molecule has 144 valence electrons. The van der Waals surface area contributed by atoms with Gasteiger partial charge in [0.1, 0.15) is 10.9 Å². The van der Waals surface area contributed by atoms with Crippen molar-refractivity contribution in [1.82, 2.24) is 4.98 Å². The second kappa shape index (κ2) is 6.45. The molecular formula is C24H24ClNO2. The molecule has 0 saturated heterocycles. The van der Waals surface area contributed by atoms with E-state index >= 15 is 0 Å². The van der Waals surface area contributed by atoms with Gasteiger partial charge in [-0.2, -0.15) is 0 Å². The number of fused-ring (bicyclic) bond motifs is 5. The number of halogens is 1. The molecule has 3 nitrogen and oxygen atoms in total. The highest BCUT2D eigenvalue weighted by Gasteiger charge is 2.57. The molecule has 2 fully saturated rings. The number of hydrogen-bond acceptors (Lipinski definition) is 3. The molecule has 3 aliphatic carbocycles. The third kappa shape index (κ3) is 2.49. The van der Waals surface area contributed by atoms with Gasteiger partial charge in [-0.1, -0.05) is 30.7 Å². The van der Waals surface area contributed by atoms with Crippen molar-refractivity contribution in [1.29, 1.82) is 0 Å². The van der Waals surface area contributed by atoms with E-state index in [2.05, 4.69) is 30.1 Å². The van der Waals surface area contributed by atoms with Gasteiger partial charge in [-0.3, -0.25) is 4.79 Å². The standard InChI is InChI=1S/C24H24ClNO2/c1-3-13-4-5-14(17-8-9-19(25)26-12(17)2)11-18(13)22-23(27)20-15-6-7-16(10-15)21(20)24(22)28/h4-5,8-9,11,15-16,20-21,27H,3,6-7,10H2,1-2H3. The molecule has 0 radical (unpaired) electrons. The first-order chi connectivity index (χ1) is 13.5. The van der Waals surface area contributed by atoms with Crippen LogP contribution >= 0.6 is 11.6 Å². The number of hydrogen-bond donors (Lipinski definition) is 1. The molecule has 2 bridgehead atoms. The van der Waals surface area contributed by atoms with Crippen LogP contribution in [0.4, 0.5) is 0 Å². The minimum atomic E-state index is 0.000969. The lowest BCUT2D eigenvalue weighted by Gasteiger charge is -2.23. The molecule has 1 N–H and O–H groups in total. The van der Waals surface area contributed by atoms with E-state index in [9.17, 15) is 9.90 Å². The predicted molar refractivity (Wildman–Crippen MR) is 111 cm³/mol. The maximum atomic E-state index is 13.4. The SMILES string of the molecule is CCc1ccc(-c2ccc(Cl)nc2C)cc1C1=C(O)C2C3CCC(C3)C2C1=O. The molecule has 2 aromatic rings. The summed E-state index contributed by atoms with van der Waals surface area (Å²) in [6, 6.07) is 9.96. The quantitative estimate of drug-likeness (QED) is 0.671. The minimum absolute atomic E-state index is 0.000969. The normalized spacial score (nSPS) is 28.3. The molecule has 4 atom stereocenters. The van der Waals surface area contributed by atoms with Crippen LogP contribution in [0.25, 0.3) is 16.7 Å². The number of aromatic nitrogens is 1. The molecule has 5 rings (SSSR count). The van der Waals surface area contributed by atoms with E-state index in [1.165, 1.54) is 0 Å². The highest BCUT2D eigenvalue weighted by atomic mass is 35.5. The molecule has 4 unspecified atom stereocenters. The van der Waals surface area contributed by atoms with Crippen LogP contribution in [0.2, 0.25) is 5.15 Å². The zero-order chi connectivity index (χ0) is 19.6. The number of benzene rings is 1. The Labute approximate surface area is 170 Å². The van der Waals surface area contributed by atoms with Gasteiger partial charge in [0.05, 0.1) is 5.57 Å². The number of ketones is 1. The summed E-state index contributed by atoms with van der Waals surface area (Å²) in [7, 11) is 0. The van der Waals surface area contributed by atoms with E-state index in [0.29, 0.717) is 28.3 Å². The fraction of sp³-hybridized carbons (Fsp3) is 0.417. The number of nitrogens with zero attached hydrogens (tertiary/aromatic N) is 1. The van der Waals surface area contributed by atoms with Crippen molar-refractivity contribution in [3.63, 3.8) is 0 Å². The molecular weight excluding hydrogens is 370 g/mol. The number of Topliss-reactive ketones (excluding diaryl/α,β-unsaturated/α-hetero) is 1. The van der Waals surface area contributed by atoms with Crippen LogP contribution in [0.15, 0.2) is 36.1 Å². The Kier molecular flexibility index (Phi) is 4.13. The van der Waals surface area contributed by atoms with E-state index in [1.807, 2.05) is 13.0 Å². The van der Waals surface area contributed by atoms with Crippen molar-refractivity contribution in [2.45, 2.75) is 39.5 Å². The van der Waals surface area contributed by atoms with Crippen LogP contribution in [0, 0.1) is 30.6 Å². The first kappa shape index (κ1) is 17.9. The minimum Gasteiger partial charge on any atom is -0.511 e. The fourth-order valence-electron chi connectivity index (χ4n) is 5.91. The van der Waals surface area contributed by atoms with Gasteiger partial charge < -0.3 is 5.11 Å². The number of rotatable bonds is 3. The van der Waals surface area contributed by atoms with Gasteiger partial charge in [-0.25, -0.2) is 4.98 Å². The molecule has 2 saturated carbocycles. The van der Waals surface area contributed by atoms with Gasteiger partial charge >= 0.3 is 0 Å². The average molecular weight is 394 g/mol. The zero-order valence-corrected chi connectivity index (χ0v) is 17.0. The van der Waals surface area contributed by atoms with E-state index in [-0.39, 0.29) is 17.6 Å². The van der Waals surface area contributed by atoms with Crippen LogP contribution in [-0.4, -0.2) is 15.9 Å². The van der Waals surface area contributed by atoms with Gasteiger partial charge in [-0.15, -0.1) is 0 Å². The van der Waals surface area contributed by atoms with Crippen LogP contribution < -0.4 is 0 Å². The topological polar surface area (TPSA) is 50.2 Å². The van der Waals surface area contributed by atoms with Gasteiger partial charge in [0.25, 0.3) is 0 Å². The number of aliphatic hydroxyl groups excluding tert-OH is 1. The Bertz CT molecular complexity index is 1030. The molecule has 0 spiro atoms. The smallest absolute Gasteiger partial charge is 0.170 e. The number of carbonyl (C=O) groups is 1. The summed E-state index contributed by atoms with van der Waals surface area (Å²) in [6.45, 7) is 4.03. The summed E-state index contributed by atoms with van der Waals surface area (Å²) in [6.07, 6.45) is 4.20. The molecule has 28 heavy (non-hydrogen) atoms. The van der Waals surface area contributed by atoms with E-state index < -0.39 is 0 Å². The first-order valence-corrected chi connectivity index (χ1v) is 10.6. The Morgan fingerprint density at radius 2 is 1.86 bits per heavy atom. The molecule has 3 aliphatic rings. The van der Waals surface area contributed by atoms with Crippen LogP contribution in [0.5, 0.6) is 0 Å². The number of aryl methyl sites for hydroxylation is 2. The fourth-order valence-corrected chi connectivity index (χ4v) is 6.10. The van der Waals surface area contributed by atoms with Gasteiger partial charge in [0.15, 0.2) is 5.78 Å². The van der Waals surface area contributed by atoms with Gasteiger partial charge in [-0.05, 0) is 79.3 Å². The second-order valence-electron chi connectivity index (χ2n) is 8.50. The molecule has 1 heterocycles. The summed E-state index contributed by atoms with van der Waals surface area (Å²) in [4.78, 5) is 17.7. The van der Waals surface area contributed by atoms with Crippen LogP contribution in [0.1, 0.15) is 43.0 Å². The summed E-state index contributed by atoms with van der Waals surface area (Å²) in [5.74, 6) is 1.49. The predicted octanol–water partition coefficient (Wildman–Crippen LogP) is 5.79. The maximum absolute atomic E-state index is 13.4. The third-order valence-electron chi connectivity index (χ3n) is 7.16. The average Bonchev–Trinajstić information content (AvgIpc) is 3.35. The van der Waals surface area contributed by atoms with E-state index in [0.717, 1.165) is 53.6 Å². The summed E-state index contributed by atoms with van der Waals surface area (Å²) in [5.41, 5.74) is 5.43. The van der Waals surface area contributed by atoms with Gasteiger partial charge in [0.2, 0.25) is 0 Å². The summed E-state index contributed by atoms with van der Waals surface area (Å²) >= 11 is 6.02. The lowest BCUT2D eigenvalue weighted by molar-refractivity contribution is -0.118. The van der Waals surface area contributed by atoms with E-state index in [4.69, 9.17) is 11.6 Å². The van der Waals surface area contributed by atoms with E-state index in [1.54, 1.807) is 6.07 Å². The van der Waals surface area contributed by atoms with Crippen molar-refractivity contribution >= 4 is 23.0 Å². The number of allylic oxidation sites excluding steroid dienone is 2. The highest BCUT2D eigenvalue weighted by molar-refractivity contribution is 6.29. The van der Waals surface area contributed by atoms with Crippen molar-refractivity contribution in [3.05, 3.63) is 58.1 Å². The lowest BCUT2D eigenvalue weighted by atomic mass is 9.80. The first-order valence-electron chi connectivity index (χ1n) is 10.2. The monoisotopic (exact) mass is 393 g/mol. The van der Waals surface area contributed by atoms with Crippen molar-refractivity contribution in [2.24, 2.45) is 23.7 Å². The molecule has 1 aromatic carbocycles. The summed E-state index contributed by atoms with van der Waals surface area (Å²) in [5, 5.41) is 11.6. The molecule has 4 heteroatoms. The third-order valence-corrected chi connectivity index (χ3v) is 7.37. The van der Waals surface area contributed by atoms with Crippen LogP contribution in [-0.2, 0) is 11.2 Å². The Morgan fingerprint density at radius 1 is 1.11 bits per heavy atom. The molecule has 1 aromatic heterocycles. The Hall–Kier alpha value is -2.13. The second-order valence-corrected chi connectivity index (χ2v) is 8.89. The molecule has 0 aliphatic heterocycles. The van der Waals surface area contributed by atoms with Crippen molar-refractivity contribution < 1.29 is 9.90 Å².